The van der Waals surface area contributed by atoms with Gasteiger partial charge in [0, 0.05) is 18.7 Å². The average Bonchev–Trinajstić information content (AvgIpc) is 2.89. The minimum Gasteiger partial charge on any atom is -0.384 e. The summed E-state index contributed by atoms with van der Waals surface area (Å²) in [5.41, 5.74) is 9.14. The Labute approximate surface area is 211 Å². The number of nitrogens with two attached hydrogens (primary N) is 1. The van der Waals surface area contributed by atoms with Crippen molar-refractivity contribution in [2.45, 2.75) is 39.4 Å². The number of amides is 2. The summed E-state index contributed by atoms with van der Waals surface area (Å²) in [6.07, 6.45) is 1.14. The molecule has 36 heavy (non-hydrogen) atoms. The fourth-order valence-electron chi connectivity index (χ4n) is 3.14. The Bertz CT molecular complexity index is 1100. The number of carbonyl (C=O) groups excluding carboxylic acids is 2. The highest BCUT2D eigenvalue weighted by atomic mass is 19.1. The molecule has 0 radical (unpaired) electrons. The van der Waals surface area contributed by atoms with E-state index in [9.17, 15) is 14.0 Å². The molecule has 1 atom stereocenters. The van der Waals surface area contributed by atoms with Gasteiger partial charge in [-0.1, -0.05) is 73.7 Å². The van der Waals surface area contributed by atoms with E-state index in [1.807, 2.05) is 6.07 Å². The van der Waals surface area contributed by atoms with Gasteiger partial charge < -0.3 is 21.7 Å². The Morgan fingerprint density at radius 2 is 1.47 bits per heavy atom. The van der Waals surface area contributed by atoms with Crippen LogP contribution in [0, 0.1) is 11.2 Å². The van der Waals surface area contributed by atoms with Gasteiger partial charge in [0.1, 0.15) is 17.7 Å². The number of benzene rings is 3. The Kier molecular flexibility index (Phi) is 11.8. The van der Waals surface area contributed by atoms with Crippen LogP contribution in [0.3, 0.4) is 0 Å². The van der Waals surface area contributed by atoms with Crippen LogP contribution in [0.4, 0.5) is 4.39 Å². The van der Waals surface area contributed by atoms with E-state index in [-0.39, 0.29) is 30.0 Å². The lowest BCUT2D eigenvalue weighted by Gasteiger charge is -2.14. The molecule has 6 N–H and O–H groups in total. The van der Waals surface area contributed by atoms with Crippen LogP contribution >= 0.6 is 0 Å². The zero-order valence-corrected chi connectivity index (χ0v) is 20.7. The first-order valence-electron chi connectivity index (χ1n) is 11.8. The molecule has 7 nitrogen and oxygen atoms in total. The van der Waals surface area contributed by atoms with E-state index in [1.165, 1.54) is 17.7 Å². The lowest BCUT2D eigenvalue weighted by molar-refractivity contribution is -0.128. The third kappa shape index (κ3) is 10.5. The fraction of sp³-hybridized carbons (Fsp3) is 0.250. The molecule has 0 saturated heterocycles. The number of amidine groups is 1. The Balaban J connectivity index is 0.000000482. The van der Waals surface area contributed by atoms with Crippen LogP contribution in [0.5, 0.6) is 0 Å². The van der Waals surface area contributed by atoms with E-state index >= 15 is 0 Å². The second-order valence-corrected chi connectivity index (χ2v) is 8.19. The standard InChI is InChI=1S/C20H24FN5O2.C8H10/c1-13(20(28)25-11-15-2-6-16(7-3-15)19(22)23)26-18(27)12-24-10-14-4-8-17(21)9-5-14;1-2-8-6-4-3-5-7-8/h2-9,13,24H,10-12H2,1H3,(H3,22,23)(H,25,28)(H,26,27);3-7H,2H2,1H3. The van der Waals surface area contributed by atoms with Crippen molar-refractivity contribution in [1.82, 2.24) is 16.0 Å². The highest BCUT2D eigenvalue weighted by Crippen LogP contribution is 2.04. The fourth-order valence-corrected chi connectivity index (χ4v) is 3.14. The summed E-state index contributed by atoms with van der Waals surface area (Å²) >= 11 is 0. The van der Waals surface area contributed by atoms with Gasteiger partial charge in [-0.05, 0) is 42.2 Å². The molecule has 0 saturated carbocycles. The van der Waals surface area contributed by atoms with Crippen molar-refractivity contribution in [1.29, 1.82) is 5.41 Å². The van der Waals surface area contributed by atoms with E-state index in [1.54, 1.807) is 43.3 Å². The number of carbonyl (C=O) groups is 2. The normalized spacial score (nSPS) is 11.0. The molecule has 2 amide bonds. The molecule has 3 aromatic rings. The third-order valence-corrected chi connectivity index (χ3v) is 5.28. The predicted molar refractivity (Wildman–Crippen MR) is 141 cm³/mol. The molecule has 0 aliphatic heterocycles. The van der Waals surface area contributed by atoms with E-state index in [0.29, 0.717) is 18.7 Å². The first-order chi connectivity index (χ1) is 17.3. The molecule has 0 spiro atoms. The lowest BCUT2D eigenvalue weighted by Crippen LogP contribution is -2.47. The zero-order valence-electron chi connectivity index (χ0n) is 20.7. The first-order valence-corrected chi connectivity index (χ1v) is 11.8. The van der Waals surface area contributed by atoms with Gasteiger partial charge in [-0.3, -0.25) is 15.0 Å². The molecule has 0 heterocycles. The van der Waals surface area contributed by atoms with Crippen LogP contribution in [-0.2, 0) is 29.1 Å². The van der Waals surface area contributed by atoms with Crippen LogP contribution < -0.4 is 21.7 Å². The third-order valence-electron chi connectivity index (χ3n) is 5.28. The van der Waals surface area contributed by atoms with Crippen molar-refractivity contribution in [3.05, 3.63) is 107 Å². The van der Waals surface area contributed by atoms with Crippen molar-refractivity contribution >= 4 is 17.6 Å². The Morgan fingerprint density at radius 1 is 0.889 bits per heavy atom. The molecular formula is C28H34FN5O2. The Morgan fingerprint density at radius 3 is 2.03 bits per heavy atom. The second kappa shape index (κ2) is 15.1. The molecule has 0 aliphatic carbocycles. The predicted octanol–water partition coefficient (Wildman–Crippen LogP) is 3.27. The van der Waals surface area contributed by atoms with Gasteiger partial charge in [0.05, 0.1) is 6.54 Å². The number of nitrogen functional groups attached to an aromatic ring is 1. The van der Waals surface area contributed by atoms with Gasteiger partial charge in [0.15, 0.2) is 0 Å². The molecule has 190 valence electrons. The summed E-state index contributed by atoms with van der Waals surface area (Å²) in [5.74, 6) is -0.936. The average molecular weight is 492 g/mol. The monoisotopic (exact) mass is 491 g/mol. The van der Waals surface area contributed by atoms with Gasteiger partial charge in [-0.2, -0.15) is 0 Å². The molecule has 3 rings (SSSR count). The van der Waals surface area contributed by atoms with Crippen molar-refractivity contribution < 1.29 is 14.0 Å². The number of nitrogens with one attached hydrogen (secondary N) is 4. The Hall–Kier alpha value is -4.04. The summed E-state index contributed by atoms with van der Waals surface area (Å²) in [4.78, 5) is 24.1. The van der Waals surface area contributed by atoms with Crippen LogP contribution in [-0.4, -0.2) is 30.2 Å². The SMILES string of the molecule is CC(NC(=O)CNCc1ccc(F)cc1)C(=O)NCc1ccc(C(=N)N)cc1.CCc1ccccc1. The smallest absolute Gasteiger partial charge is 0.242 e. The van der Waals surface area contributed by atoms with Crippen LogP contribution in [0.2, 0.25) is 0 Å². The topological polar surface area (TPSA) is 120 Å². The van der Waals surface area contributed by atoms with Crippen molar-refractivity contribution in [2.24, 2.45) is 5.73 Å². The molecule has 0 fully saturated rings. The van der Waals surface area contributed by atoms with E-state index in [4.69, 9.17) is 11.1 Å². The summed E-state index contributed by atoms with van der Waals surface area (Å²) in [5, 5.41) is 15.7. The number of hydrogen-bond donors (Lipinski definition) is 5. The number of rotatable bonds is 10. The van der Waals surface area contributed by atoms with E-state index in [2.05, 4.69) is 47.1 Å². The summed E-state index contributed by atoms with van der Waals surface area (Å²) in [6, 6.07) is 22.7. The van der Waals surface area contributed by atoms with Crippen LogP contribution in [0.1, 0.15) is 36.1 Å². The molecular weight excluding hydrogens is 457 g/mol. The van der Waals surface area contributed by atoms with Crippen molar-refractivity contribution in [3.8, 4) is 0 Å². The summed E-state index contributed by atoms with van der Waals surface area (Å²) < 4.78 is 12.8. The van der Waals surface area contributed by atoms with Gasteiger partial charge >= 0.3 is 0 Å². The molecule has 0 bridgehead atoms. The maximum Gasteiger partial charge on any atom is 0.242 e. The molecule has 8 heteroatoms. The zero-order chi connectivity index (χ0) is 26.3. The minimum absolute atomic E-state index is 0.0139. The summed E-state index contributed by atoms with van der Waals surface area (Å²) in [7, 11) is 0. The highest BCUT2D eigenvalue weighted by Gasteiger charge is 2.15. The van der Waals surface area contributed by atoms with Gasteiger partial charge in [-0.25, -0.2) is 4.39 Å². The van der Waals surface area contributed by atoms with Crippen molar-refractivity contribution in [3.63, 3.8) is 0 Å². The van der Waals surface area contributed by atoms with Gasteiger partial charge in [0.2, 0.25) is 11.8 Å². The van der Waals surface area contributed by atoms with Gasteiger partial charge in [0.25, 0.3) is 0 Å². The van der Waals surface area contributed by atoms with E-state index < -0.39 is 6.04 Å². The summed E-state index contributed by atoms with van der Waals surface area (Å²) in [6.45, 7) is 4.54. The molecule has 3 aromatic carbocycles. The maximum absolute atomic E-state index is 12.8. The van der Waals surface area contributed by atoms with Gasteiger partial charge in [-0.15, -0.1) is 0 Å². The van der Waals surface area contributed by atoms with Crippen LogP contribution in [0.25, 0.3) is 0 Å². The molecule has 0 aliphatic rings. The molecule has 0 aromatic heterocycles. The molecule has 1 unspecified atom stereocenters. The highest BCUT2D eigenvalue weighted by molar-refractivity contribution is 5.94. The number of halogens is 1. The van der Waals surface area contributed by atoms with Crippen LogP contribution in [0.15, 0.2) is 78.9 Å². The van der Waals surface area contributed by atoms with Crippen molar-refractivity contribution in [2.75, 3.05) is 6.54 Å². The largest absolute Gasteiger partial charge is 0.384 e. The maximum atomic E-state index is 12.8. The lowest BCUT2D eigenvalue weighted by atomic mass is 10.1. The number of aryl methyl sites for hydroxylation is 1. The van der Waals surface area contributed by atoms with E-state index in [0.717, 1.165) is 17.5 Å². The minimum atomic E-state index is -0.684. The second-order valence-electron chi connectivity index (χ2n) is 8.19. The number of hydrogen-bond acceptors (Lipinski definition) is 4. The first kappa shape index (κ1) is 28.2. The quantitative estimate of drug-likeness (QED) is 0.221.